The van der Waals surface area contributed by atoms with E-state index in [1.165, 1.54) is 16.3 Å². The van der Waals surface area contributed by atoms with E-state index >= 15 is 0 Å². The van der Waals surface area contributed by atoms with Crippen LogP contribution in [-0.2, 0) is 9.47 Å². The minimum absolute atomic E-state index is 0.112. The third-order valence-corrected chi connectivity index (χ3v) is 3.63. The molecule has 2 atom stereocenters. The first-order chi connectivity index (χ1) is 10.2. The summed E-state index contributed by atoms with van der Waals surface area (Å²) in [5, 5.41) is 5.86. The van der Waals surface area contributed by atoms with Crippen LogP contribution in [0.3, 0.4) is 0 Å². The Kier molecular flexibility index (Phi) is 6.18. The number of nitrogens with one attached hydrogen (secondary N) is 1. The summed E-state index contributed by atoms with van der Waals surface area (Å²) < 4.78 is 11.3. The Balaban J connectivity index is 2.01. The summed E-state index contributed by atoms with van der Waals surface area (Å²) in [4.78, 5) is 0. The molecule has 0 aliphatic rings. The molecule has 1 N–H and O–H groups in total. The fourth-order valence-corrected chi connectivity index (χ4v) is 2.36. The van der Waals surface area contributed by atoms with Gasteiger partial charge in [0.1, 0.15) is 0 Å². The maximum atomic E-state index is 5.88. The second-order valence-electron chi connectivity index (χ2n) is 5.25. The second-order valence-corrected chi connectivity index (χ2v) is 5.25. The molecule has 0 spiro atoms. The van der Waals surface area contributed by atoms with Gasteiger partial charge in [-0.05, 0) is 43.3 Å². The summed E-state index contributed by atoms with van der Waals surface area (Å²) in [7, 11) is 1.97. The van der Waals surface area contributed by atoms with Gasteiger partial charge in [0.05, 0.1) is 25.4 Å². The zero-order chi connectivity index (χ0) is 15.1. The van der Waals surface area contributed by atoms with Crippen LogP contribution >= 0.6 is 0 Å². The number of benzene rings is 2. The van der Waals surface area contributed by atoms with Gasteiger partial charge in [-0.2, -0.15) is 0 Å². The maximum absolute atomic E-state index is 5.88. The van der Waals surface area contributed by atoms with E-state index in [-0.39, 0.29) is 12.1 Å². The van der Waals surface area contributed by atoms with Gasteiger partial charge >= 0.3 is 0 Å². The molecule has 2 aromatic carbocycles. The summed E-state index contributed by atoms with van der Waals surface area (Å²) in [6.07, 6.45) is 0.112. The third-order valence-electron chi connectivity index (χ3n) is 3.63. The number of rotatable bonds is 8. The van der Waals surface area contributed by atoms with Crippen molar-refractivity contribution in [2.45, 2.75) is 26.0 Å². The molecule has 2 unspecified atom stereocenters. The molecular formula is C18H25NO2. The van der Waals surface area contributed by atoms with Gasteiger partial charge in [-0.3, -0.25) is 0 Å². The average Bonchev–Trinajstić information content (AvgIpc) is 2.53. The fraction of sp³-hybridized carbons (Fsp3) is 0.444. The molecule has 0 aliphatic heterocycles. The number of hydrogen-bond donors (Lipinski definition) is 1. The van der Waals surface area contributed by atoms with Crippen LogP contribution in [0, 0.1) is 0 Å². The van der Waals surface area contributed by atoms with Gasteiger partial charge in [-0.1, -0.05) is 36.4 Å². The molecule has 0 radical (unpaired) electrons. The van der Waals surface area contributed by atoms with Gasteiger partial charge in [-0.15, -0.1) is 0 Å². The van der Waals surface area contributed by atoms with Crippen molar-refractivity contribution < 1.29 is 9.47 Å². The summed E-state index contributed by atoms with van der Waals surface area (Å²) in [6, 6.07) is 15.2. The normalized spacial score (nSPS) is 14.2. The van der Waals surface area contributed by atoms with E-state index < -0.39 is 0 Å². The first-order valence-electron chi connectivity index (χ1n) is 7.60. The van der Waals surface area contributed by atoms with Crippen molar-refractivity contribution >= 4 is 10.8 Å². The molecular weight excluding hydrogens is 262 g/mol. The first-order valence-corrected chi connectivity index (χ1v) is 7.60. The highest BCUT2D eigenvalue weighted by Gasteiger charge is 2.12. The molecule has 2 rings (SSSR count). The van der Waals surface area contributed by atoms with Crippen molar-refractivity contribution in [3.05, 3.63) is 48.0 Å². The Morgan fingerprint density at radius 3 is 2.52 bits per heavy atom. The van der Waals surface area contributed by atoms with Crippen LogP contribution < -0.4 is 5.32 Å². The van der Waals surface area contributed by atoms with E-state index in [0.29, 0.717) is 13.2 Å². The quantitative estimate of drug-likeness (QED) is 0.805. The predicted octanol–water partition coefficient (Wildman–Crippen LogP) is 3.54. The molecule has 0 fully saturated rings. The number of fused-ring (bicyclic) bond motifs is 1. The van der Waals surface area contributed by atoms with Crippen molar-refractivity contribution in [2.75, 3.05) is 26.9 Å². The van der Waals surface area contributed by atoms with Crippen molar-refractivity contribution in [3.63, 3.8) is 0 Å². The van der Waals surface area contributed by atoms with Gasteiger partial charge in [0.15, 0.2) is 0 Å². The fourth-order valence-electron chi connectivity index (χ4n) is 2.36. The lowest BCUT2D eigenvalue weighted by atomic mass is 10.0. The molecule has 0 aliphatic carbocycles. The minimum atomic E-state index is 0.112. The standard InChI is InChI=1S/C18H25NO2/c1-4-20-12-14(2)21-13-18(19-3)17-10-9-15-7-5-6-8-16(15)11-17/h5-11,14,18-19H,4,12-13H2,1-3H3. The lowest BCUT2D eigenvalue weighted by Gasteiger charge is -2.20. The zero-order valence-electron chi connectivity index (χ0n) is 13.1. The largest absolute Gasteiger partial charge is 0.379 e. The van der Waals surface area contributed by atoms with Crippen LogP contribution in [0.25, 0.3) is 10.8 Å². The minimum Gasteiger partial charge on any atom is -0.379 e. The van der Waals surface area contributed by atoms with Crippen LogP contribution in [-0.4, -0.2) is 33.0 Å². The average molecular weight is 287 g/mol. The molecule has 3 nitrogen and oxygen atoms in total. The smallest absolute Gasteiger partial charge is 0.0781 e. The molecule has 21 heavy (non-hydrogen) atoms. The lowest BCUT2D eigenvalue weighted by Crippen LogP contribution is -2.26. The highest BCUT2D eigenvalue weighted by molar-refractivity contribution is 5.83. The molecule has 0 saturated heterocycles. The summed E-state index contributed by atoms with van der Waals surface area (Å²) in [5.41, 5.74) is 1.25. The van der Waals surface area contributed by atoms with E-state index in [1.54, 1.807) is 0 Å². The zero-order valence-corrected chi connectivity index (χ0v) is 13.1. The van der Waals surface area contributed by atoms with Gasteiger partial charge in [0.2, 0.25) is 0 Å². The van der Waals surface area contributed by atoms with E-state index in [1.807, 2.05) is 20.9 Å². The van der Waals surface area contributed by atoms with E-state index in [4.69, 9.17) is 9.47 Å². The molecule has 114 valence electrons. The van der Waals surface area contributed by atoms with Crippen LogP contribution in [0.5, 0.6) is 0 Å². The predicted molar refractivity (Wildman–Crippen MR) is 87.7 cm³/mol. The summed E-state index contributed by atoms with van der Waals surface area (Å²) in [5.74, 6) is 0. The van der Waals surface area contributed by atoms with Crippen molar-refractivity contribution in [1.29, 1.82) is 0 Å². The number of ether oxygens (including phenoxy) is 2. The Hall–Kier alpha value is -1.42. The topological polar surface area (TPSA) is 30.5 Å². The highest BCUT2D eigenvalue weighted by Crippen LogP contribution is 2.20. The van der Waals surface area contributed by atoms with Gasteiger partial charge < -0.3 is 14.8 Å². The maximum Gasteiger partial charge on any atom is 0.0781 e. The molecule has 0 amide bonds. The Morgan fingerprint density at radius 1 is 1.05 bits per heavy atom. The Labute approximate surface area is 127 Å². The Morgan fingerprint density at radius 2 is 1.81 bits per heavy atom. The SMILES string of the molecule is CCOCC(C)OCC(NC)c1ccc2ccccc2c1. The molecule has 0 saturated carbocycles. The number of hydrogen-bond acceptors (Lipinski definition) is 3. The van der Waals surface area contributed by atoms with Crippen molar-refractivity contribution in [3.8, 4) is 0 Å². The highest BCUT2D eigenvalue weighted by atomic mass is 16.5. The van der Waals surface area contributed by atoms with Crippen LogP contribution in [0.4, 0.5) is 0 Å². The molecule has 0 aromatic heterocycles. The molecule has 3 heteroatoms. The van der Waals surface area contributed by atoms with E-state index in [2.05, 4.69) is 47.8 Å². The first kappa shape index (κ1) is 16.0. The number of likely N-dealkylation sites (N-methyl/N-ethyl adjacent to an activating group) is 1. The van der Waals surface area contributed by atoms with E-state index in [9.17, 15) is 0 Å². The monoisotopic (exact) mass is 287 g/mol. The summed E-state index contributed by atoms with van der Waals surface area (Å²) in [6.45, 7) is 6.06. The molecule has 2 aromatic rings. The third kappa shape index (κ3) is 4.53. The van der Waals surface area contributed by atoms with Crippen LogP contribution in [0.15, 0.2) is 42.5 Å². The van der Waals surface area contributed by atoms with Crippen molar-refractivity contribution in [1.82, 2.24) is 5.32 Å². The van der Waals surface area contributed by atoms with E-state index in [0.717, 1.165) is 6.61 Å². The van der Waals surface area contributed by atoms with Gasteiger partial charge in [0, 0.05) is 6.61 Å². The van der Waals surface area contributed by atoms with Crippen LogP contribution in [0.1, 0.15) is 25.5 Å². The molecule has 0 heterocycles. The lowest BCUT2D eigenvalue weighted by molar-refractivity contribution is -0.0110. The van der Waals surface area contributed by atoms with Gasteiger partial charge in [0.25, 0.3) is 0 Å². The van der Waals surface area contributed by atoms with Crippen LogP contribution in [0.2, 0.25) is 0 Å². The van der Waals surface area contributed by atoms with Crippen molar-refractivity contribution in [2.24, 2.45) is 0 Å². The Bertz CT molecular complexity index is 556. The molecule has 0 bridgehead atoms. The second kappa shape index (κ2) is 8.13. The summed E-state index contributed by atoms with van der Waals surface area (Å²) >= 11 is 0. The van der Waals surface area contributed by atoms with Gasteiger partial charge in [-0.25, -0.2) is 0 Å².